The Morgan fingerprint density at radius 2 is 2.00 bits per heavy atom. The van der Waals surface area contributed by atoms with Crippen molar-refractivity contribution in [2.45, 2.75) is 0 Å². The third-order valence-corrected chi connectivity index (χ3v) is 2.36. The summed E-state index contributed by atoms with van der Waals surface area (Å²) in [7, 11) is 3.99. The van der Waals surface area contributed by atoms with Crippen LogP contribution in [0.15, 0.2) is 24.3 Å². The van der Waals surface area contributed by atoms with Gasteiger partial charge in [-0.3, -0.25) is 0 Å². The van der Waals surface area contributed by atoms with Gasteiger partial charge in [0.05, 0.1) is 10.9 Å². The normalized spacial score (nSPS) is 11.0. The van der Waals surface area contributed by atoms with Crippen LogP contribution in [-0.2, 0) is 0 Å². The highest BCUT2D eigenvalue weighted by Gasteiger charge is 2.06. The van der Waals surface area contributed by atoms with E-state index < -0.39 is 0 Å². The molecule has 5 heteroatoms. The lowest BCUT2D eigenvalue weighted by atomic mass is 10.2. The van der Waals surface area contributed by atoms with E-state index in [0.29, 0.717) is 12.5 Å². The highest BCUT2D eigenvalue weighted by atomic mass is 16.5. The quantitative estimate of drug-likeness (QED) is 0.856. The molecule has 2 aromatic rings. The smallest absolute Gasteiger partial charge is 0.226 e. The fourth-order valence-electron chi connectivity index (χ4n) is 1.50. The number of nitrogens with two attached hydrogens (primary N) is 1. The van der Waals surface area contributed by atoms with Gasteiger partial charge >= 0.3 is 0 Å². The summed E-state index contributed by atoms with van der Waals surface area (Å²) in [6.45, 7) is 1.41. The Balaban J connectivity index is 2.26. The van der Waals surface area contributed by atoms with Crippen LogP contribution in [0.25, 0.3) is 10.9 Å². The summed E-state index contributed by atoms with van der Waals surface area (Å²) in [4.78, 5) is 10.3. The van der Waals surface area contributed by atoms with Crippen LogP contribution in [0.1, 0.15) is 0 Å². The zero-order chi connectivity index (χ0) is 12.3. The van der Waals surface area contributed by atoms with E-state index in [9.17, 15) is 0 Å². The molecule has 2 N–H and O–H groups in total. The summed E-state index contributed by atoms with van der Waals surface area (Å²) < 4.78 is 5.64. The second-order valence-electron chi connectivity index (χ2n) is 4.06. The van der Waals surface area contributed by atoms with Crippen molar-refractivity contribution in [3.8, 4) is 5.88 Å². The Morgan fingerprint density at radius 1 is 1.24 bits per heavy atom. The summed E-state index contributed by atoms with van der Waals surface area (Å²) in [5.41, 5.74) is 6.45. The molecule has 0 spiro atoms. The second-order valence-corrected chi connectivity index (χ2v) is 4.06. The fourth-order valence-corrected chi connectivity index (χ4v) is 1.50. The first kappa shape index (κ1) is 11.6. The Bertz CT molecular complexity index is 513. The fraction of sp³-hybridized carbons (Fsp3) is 0.333. The number of aromatic nitrogens is 2. The second kappa shape index (κ2) is 4.97. The number of nitrogens with zero attached hydrogens (tertiary/aromatic N) is 3. The van der Waals surface area contributed by atoms with Crippen molar-refractivity contribution in [2.24, 2.45) is 0 Å². The molecular formula is C12H16N4O. The molecule has 1 aromatic carbocycles. The number of likely N-dealkylation sites (N-methyl/N-ethyl adjacent to an activating group) is 1. The maximum Gasteiger partial charge on any atom is 0.226 e. The molecule has 1 heterocycles. The Morgan fingerprint density at radius 3 is 2.76 bits per heavy atom. The number of fused-ring (bicyclic) bond motifs is 1. The molecule has 90 valence electrons. The van der Waals surface area contributed by atoms with Crippen LogP contribution in [-0.4, -0.2) is 42.1 Å². The highest BCUT2D eigenvalue weighted by molar-refractivity contribution is 5.84. The predicted molar refractivity (Wildman–Crippen MR) is 68.0 cm³/mol. The molecule has 5 nitrogen and oxygen atoms in total. The van der Waals surface area contributed by atoms with E-state index in [1.54, 1.807) is 0 Å². The summed E-state index contributed by atoms with van der Waals surface area (Å²) in [6.07, 6.45) is 0. The maximum absolute atomic E-state index is 5.64. The van der Waals surface area contributed by atoms with Crippen molar-refractivity contribution < 1.29 is 4.74 Å². The van der Waals surface area contributed by atoms with Crippen LogP contribution in [0.2, 0.25) is 0 Å². The predicted octanol–water partition coefficient (Wildman–Crippen LogP) is 1.15. The molecule has 0 aliphatic carbocycles. The van der Waals surface area contributed by atoms with Crippen molar-refractivity contribution in [3.05, 3.63) is 24.3 Å². The van der Waals surface area contributed by atoms with Crippen molar-refractivity contribution >= 4 is 16.9 Å². The average molecular weight is 232 g/mol. The number of rotatable bonds is 4. The number of hydrogen-bond acceptors (Lipinski definition) is 5. The minimum Gasteiger partial charge on any atom is -0.476 e. The van der Waals surface area contributed by atoms with Gasteiger partial charge in [-0.2, -0.15) is 4.98 Å². The van der Waals surface area contributed by atoms with Crippen molar-refractivity contribution in [1.29, 1.82) is 0 Å². The average Bonchev–Trinajstić information content (AvgIpc) is 2.28. The molecule has 0 saturated heterocycles. The van der Waals surface area contributed by atoms with Crippen LogP contribution >= 0.6 is 0 Å². The van der Waals surface area contributed by atoms with Gasteiger partial charge in [0.25, 0.3) is 0 Å². The van der Waals surface area contributed by atoms with Gasteiger partial charge in [-0.1, -0.05) is 12.1 Å². The van der Waals surface area contributed by atoms with Gasteiger partial charge in [0, 0.05) is 6.54 Å². The topological polar surface area (TPSA) is 64.3 Å². The van der Waals surface area contributed by atoms with Crippen LogP contribution < -0.4 is 10.5 Å². The van der Waals surface area contributed by atoms with Gasteiger partial charge in [0.2, 0.25) is 11.8 Å². The maximum atomic E-state index is 5.64. The molecule has 0 bridgehead atoms. The lowest BCUT2D eigenvalue weighted by Gasteiger charge is -2.11. The van der Waals surface area contributed by atoms with E-state index >= 15 is 0 Å². The van der Waals surface area contributed by atoms with Crippen molar-refractivity contribution in [2.75, 3.05) is 33.0 Å². The van der Waals surface area contributed by atoms with Gasteiger partial charge in [-0.15, -0.1) is 0 Å². The first-order chi connectivity index (χ1) is 8.16. The molecule has 0 aliphatic heterocycles. The minimum absolute atomic E-state index is 0.239. The minimum atomic E-state index is 0.239. The number of nitrogen functional groups attached to an aromatic ring is 1. The molecule has 0 saturated carbocycles. The van der Waals surface area contributed by atoms with Crippen molar-refractivity contribution in [3.63, 3.8) is 0 Å². The van der Waals surface area contributed by atoms with Crippen LogP contribution in [0.3, 0.4) is 0 Å². The van der Waals surface area contributed by atoms with Gasteiger partial charge < -0.3 is 15.4 Å². The van der Waals surface area contributed by atoms with Gasteiger partial charge in [-0.05, 0) is 26.2 Å². The number of ether oxygens (including phenoxy) is 1. The van der Waals surface area contributed by atoms with Crippen LogP contribution in [0, 0.1) is 0 Å². The van der Waals surface area contributed by atoms with Gasteiger partial charge in [-0.25, -0.2) is 4.98 Å². The van der Waals surface area contributed by atoms with E-state index in [0.717, 1.165) is 17.4 Å². The zero-order valence-electron chi connectivity index (χ0n) is 10.1. The largest absolute Gasteiger partial charge is 0.476 e. The van der Waals surface area contributed by atoms with E-state index in [4.69, 9.17) is 10.5 Å². The number of anilines is 1. The summed E-state index contributed by atoms with van der Waals surface area (Å²) >= 11 is 0. The zero-order valence-corrected chi connectivity index (χ0v) is 10.1. The molecule has 0 atom stereocenters. The molecular weight excluding hydrogens is 216 g/mol. The molecule has 0 fully saturated rings. The van der Waals surface area contributed by atoms with Gasteiger partial charge in [0.1, 0.15) is 6.61 Å². The highest BCUT2D eigenvalue weighted by Crippen LogP contribution is 2.22. The first-order valence-corrected chi connectivity index (χ1v) is 5.46. The molecule has 17 heavy (non-hydrogen) atoms. The molecule has 0 aliphatic rings. The lowest BCUT2D eigenvalue weighted by Crippen LogP contribution is -2.20. The van der Waals surface area contributed by atoms with Gasteiger partial charge in [0.15, 0.2) is 0 Å². The SMILES string of the molecule is CN(C)CCOc1nc(N)nc2ccccc12. The van der Waals surface area contributed by atoms with E-state index in [1.165, 1.54) is 0 Å². The first-order valence-electron chi connectivity index (χ1n) is 5.46. The number of benzene rings is 1. The third-order valence-electron chi connectivity index (χ3n) is 2.36. The summed E-state index contributed by atoms with van der Waals surface area (Å²) in [6, 6.07) is 7.67. The number of hydrogen-bond donors (Lipinski definition) is 1. The molecule has 0 amide bonds. The van der Waals surface area contributed by atoms with Crippen LogP contribution in [0.5, 0.6) is 5.88 Å². The Labute approximate surface area is 100 Å². The van der Waals surface area contributed by atoms with Crippen LogP contribution in [0.4, 0.5) is 5.95 Å². The molecule has 0 radical (unpaired) electrons. The monoisotopic (exact) mass is 232 g/mol. The Hall–Kier alpha value is -1.88. The number of para-hydroxylation sites is 1. The molecule has 0 unspecified atom stereocenters. The summed E-state index contributed by atoms with van der Waals surface area (Å²) in [5.74, 6) is 0.790. The third kappa shape index (κ3) is 2.82. The Kier molecular flexibility index (Phi) is 3.39. The van der Waals surface area contributed by atoms with E-state index in [1.807, 2.05) is 43.3 Å². The summed E-state index contributed by atoms with van der Waals surface area (Å²) in [5, 5.41) is 0.889. The standard InChI is InChI=1S/C12H16N4O/c1-16(2)7-8-17-11-9-5-3-4-6-10(9)14-12(13)15-11/h3-6H,7-8H2,1-2H3,(H2,13,14,15). The molecule has 1 aromatic heterocycles. The van der Waals surface area contributed by atoms with Crippen molar-refractivity contribution in [1.82, 2.24) is 14.9 Å². The lowest BCUT2D eigenvalue weighted by molar-refractivity contribution is 0.256. The van der Waals surface area contributed by atoms with E-state index in [2.05, 4.69) is 9.97 Å². The molecule has 2 rings (SSSR count). The van der Waals surface area contributed by atoms with E-state index in [-0.39, 0.29) is 5.95 Å².